The summed E-state index contributed by atoms with van der Waals surface area (Å²) in [5.41, 5.74) is 2.51. The molecule has 0 radical (unpaired) electrons. The average molecular weight is 286 g/mol. The SMILES string of the molecule is CCC(NCC=Cc1ccccc1)c1ccc(Cl)cc1. The lowest BCUT2D eigenvalue weighted by molar-refractivity contribution is 0.552. The van der Waals surface area contributed by atoms with E-state index in [0.29, 0.717) is 6.04 Å². The Bertz CT molecular complexity index is 531. The second-order valence-electron chi connectivity index (χ2n) is 4.73. The van der Waals surface area contributed by atoms with Crippen molar-refractivity contribution >= 4 is 17.7 Å². The molecule has 20 heavy (non-hydrogen) atoms. The zero-order chi connectivity index (χ0) is 14.2. The van der Waals surface area contributed by atoms with Gasteiger partial charge in [0.15, 0.2) is 0 Å². The highest BCUT2D eigenvalue weighted by molar-refractivity contribution is 6.30. The van der Waals surface area contributed by atoms with Crippen molar-refractivity contribution in [2.45, 2.75) is 19.4 Å². The van der Waals surface area contributed by atoms with Gasteiger partial charge in [0.1, 0.15) is 0 Å². The molecule has 2 aromatic carbocycles. The summed E-state index contributed by atoms with van der Waals surface area (Å²) in [4.78, 5) is 0. The maximum atomic E-state index is 5.92. The van der Waals surface area contributed by atoms with Crippen molar-refractivity contribution in [2.24, 2.45) is 0 Å². The highest BCUT2D eigenvalue weighted by atomic mass is 35.5. The molecule has 0 spiro atoms. The van der Waals surface area contributed by atoms with Gasteiger partial charge >= 0.3 is 0 Å². The highest BCUT2D eigenvalue weighted by Gasteiger charge is 2.06. The molecule has 0 bridgehead atoms. The molecule has 1 atom stereocenters. The minimum Gasteiger partial charge on any atom is -0.306 e. The van der Waals surface area contributed by atoms with Crippen LogP contribution in [0.5, 0.6) is 0 Å². The summed E-state index contributed by atoms with van der Waals surface area (Å²) in [5, 5.41) is 4.33. The van der Waals surface area contributed by atoms with Crippen molar-refractivity contribution in [3.63, 3.8) is 0 Å². The van der Waals surface area contributed by atoms with Crippen molar-refractivity contribution in [3.05, 3.63) is 76.8 Å². The molecule has 0 saturated carbocycles. The van der Waals surface area contributed by atoms with Crippen LogP contribution in [0.2, 0.25) is 5.02 Å². The Balaban J connectivity index is 1.88. The van der Waals surface area contributed by atoms with E-state index in [1.807, 2.05) is 18.2 Å². The summed E-state index contributed by atoms with van der Waals surface area (Å²) >= 11 is 5.92. The van der Waals surface area contributed by atoms with Crippen molar-refractivity contribution in [2.75, 3.05) is 6.54 Å². The van der Waals surface area contributed by atoms with Crippen molar-refractivity contribution in [1.29, 1.82) is 0 Å². The number of hydrogen-bond acceptors (Lipinski definition) is 1. The fourth-order valence-corrected chi connectivity index (χ4v) is 2.29. The lowest BCUT2D eigenvalue weighted by Crippen LogP contribution is -2.20. The molecule has 1 N–H and O–H groups in total. The minimum absolute atomic E-state index is 0.368. The van der Waals surface area contributed by atoms with Crippen LogP contribution in [0.25, 0.3) is 6.08 Å². The smallest absolute Gasteiger partial charge is 0.0406 e. The van der Waals surface area contributed by atoms with E-state index in [9.17, 15) is 0 Å². The van der Waals surface area contributed by atoms with Crippen LogP contribution in [0.3, 0.4) is 0 Å². The Morgan fingerprint density at radius 3 is 2.40 bits per heavy atom. The molecule has 0 aromatic heterocycles. The molecule has 2 aromatic rings. The molecular weight excluding hydrogens is 266 g/mol. The van der Waals surface area contributed by atoms with Crippen LogP contribution in [0.1, 0.15) is 30.5 Å². The monoisotopic (exact) mass is 285 g/mol. The van der Waals surface area contributed by atoms with Crippen LogP contribution >= 0.6 is 11.6 Å². The van der Waals surface area contributed by atoms with Gasteiger partial charge in [0.05, 0.1) is 0 Å². The number of halogens is 1. The predicted molar refractivity (Wildman–Crippen MR) is 88.0 cm³/mol. The molecule has 0 fully saturated rings. The lowest BCUT2D eigenvalue weighted by atomic mass is 10.0. The van der Waals surface area contributed by atoms with E-state index in [4.69, 9.17) is 11.6 Å². The lowest BCUT2D eigenvalue weighted by Gasteiger charge is -2.16. The first-order chi connectivity index (χ1) is 9.79. The molecule has 104 valence electrons. The second kappa shape index (κ2) is 7.88. The molecule has 0 aliphatic rings. The van der Waals surface area contributed by atoms with Gasteiger partial charge < -0.3 is 5.32 Å². The standard InChI is InChI=1S/C18H20ClN/c1-2-18(16-10-12-17(19)13-11-16)20-14-6-9-15-7-4-3-5-8-15/h3-13,18,20H,2,14H2,1H3. The first-order valence-corrected chi connectivity index (χ1v) is 7.38. The fourth-order valence-electron chi connectivity index (χ4n) is 2.16. The Labute approximate surface area is 126 Å². The van der Waals surface area contributed by atoms with Crippen LogP contribution in [0.4, 0.5) is 0 Å². The van der Waals surface area contributed by atoms with Gasteiger partial charge in [0.2, 0.25) is 0 Å². The molecule has 0 amide bonds. The summed E-state index contributed by atoms with van der Waals surface area (Å²) in [7, 11) is 0. The predicted octanol–water partition coefficient (Wildman–Crippen LogP) is 5.09. The van der Waals surface area contributed by atoms with Crippen LogP contribution in [0, 0.1) is 0 Å². The maximum Gasteiger partial charge on any atom is 0.0406 e. The summed E-state index contributed by atoms with van der Waals surface area (Å²) in [6.45, 7) is 3.04. The van der Waals surface area contributed by atoms with Gasteiger partial charge in [-0.1, -0.05) is 73.1 Å². The van der Waals surface area contributed by atoms with E-state index in [2.05, 4.69) is 60.8 Å². The van der Waals surface area contributed by atoms with Gasteiger partial charge in [-0.25, -0.2) is 0 Å². The molecule has 0 aliphatic heterocycles. The first kappa shape index (κ1) is 14.8. The summed E-state index contributed by atoms with van der Waals surface area (Å²) < 4.78 is 0. The third-order valence-corrected chi connectivity index (χ3v) is 3.52. The van der Waals surface area contributed by atoms with E-state index in [1.165, 1.54) is 11.1 Å². The van der Waals surface area contributed by atoms with Gasteiger partial charge in [-0.3, -0.25) is 0 Å². The van der Waals surface area contributed by atoms with Crippen LogP contribution in [0.15, 0.2) is 60.7 Å². The quantitative estimate of drug-likeness (QED) is 0.779. The van der Waals surface area contributed by atoms with Crippen molar-refractivity contribution in [1.82, 2.24) is 5.32 Å². The molecular formula is C18H20ClN. The Morgan fingerprint density at radius 1 is 1.05 bits per heavy atom. The summed E-state index contributed by atoms with van der Waals surface area (Å²) in [6, 6.07) is 18.8. The van der Waals surface area contributed by atoms with Gasteiger partial charge in [0.25, 0.3) is 0 Å². The Hall–Kier alpha value is -1.57. The molecule has 1 unspecified atom stereocenters. The molecule has 2 heteroatoms. The molecule has 2 rings (SSSR count). The molecule has 0 saturated heterocycles. The van der Waals surface area contributed by atoms with Crippen molar-refractivity contribution in [3.8, 4) is 0 Å². The van der Waals surface area contributed by atoms with E-state index < -0.39 is 0 Å². The largest absolute Gasteiger partial charge is 0.306 e. The van der Waals surface area contributed by atoms with Gasteiger partial charge in [-0.2, -0.15) is 0 Å². The first-order valence-electron chi connectivity index (χ1n) is 7.00. The average Bonchev–Trinajstić information content (AvgIpc) is 2.50. The molecule has 0 heterocycles. The van der Waals surface area contributed by atoms with Crippen LogP contribution < -0.4 is 5.32 Å². The minimum atomic E-state index is 0.368. The van der Waals surface area contributed by atoms with Gasteiger partial charge in [-0.05, 0) is 29.7 Å². The topological polar surface area (TPSA) is 12.0 Å². The van der Waals surface area contributed by atoms with Crippen LogP contribution in [-0.2, 0) is 0 Å². The van der Waals surface area contributed by atoms with Crippen LogP contribution in [-0.4, -0.2) is 6.54 Å². The van der Waals surface area contributed by atoms with E-state index in [1.54, 1.807) is 0 Å². The zero-order valence-electron chi connectivity index (χ0n) is 11.7. The zero-order valence-corrected chi connectivity index (χ0v) is 12.5. The second-order valence-corrected chi connectivity index (χ2v) is 5.17. The third kappa shape index (κ3) is 4.52. The summed E-state index contributed by atoms with van der Waals surface area (Å²) in [6.07, 6.45) is 5.36. The third-order valence-electron chi connectivity index (χ3n) is 3.27. The van der Waals surface area contributed by atoms with E-state index in [-0.39, 0.29) is 0 Å². The highest BCUT2D eigenvalue weighted by Crippen LogP contribution is 2.18. The molecule has 0 aliphatic carbocycles. The van der Waals surface area contributed by atoms with Gasteiger partial charge in [-0.15, -0.1) is 0 Å². The van der Waals surface area contributed by atoms with Gasteiger partial charge in [0, 0.05) is 17.6 Å². The Morgan fingerprint density at radius 2 is 1.75 bits per heavy atom. The van der Waals surface area contributed by atoms with E-state index >= 15 is 0 Å². The number of benzene rings is 2. The summed E-state index contributed by atoms with van der Waals surface area (Å²) in [5.74, 6) is 0. The van der Waals surface area contributed by atoms with Crippen molar-refractivity contribution < 1.29 is 0 Å². The number of nitrogens with one attached hydrogen (secondary N) is 1. The normalized spacial score (nSPS) is 12.7. The number of rotatable bonds is 6. The molecule has 1 nitrogen and oxygen atoms in total. The fraction of sp³-hybridized carbons (Fsp3) is 0.222. The Kier molecular flexibility index (Phi) is 5.85. The maximum absolute atomic E-state index is 5.92. The van der Waals surface area contributed by atoms with E-state index in [0.717, 1.165) is 18.0 Å². The number of hydrogen-bond donors (Lipinski definition) is 1.